The fraction of sp³-hybridized carbons (Fsp3) is 0.316. The lowest BCUT2D eigenvalue weighted by Crippen LogP contribution is -2.40. The number of rotatable bonds is 4. The van der Waals surface area contributed by atoms with E-state index in [-0.39, 0.29) is 11.8 Å². The van der Waals surface area contributed by atoms with Gasteiger partial charge in [0.05, 0.1) is 5.92 Å². The maximum absolute atomic E-state index is 12.5. The van der Waals surface area contributed by atoms with Crippen LogP contribution in [0.5, 0.6) is 0 Å². The zero-order valence-corrected chi connectivity index (χ0v) is 14.6. The van der Waals surface area contributed by atoms with Crippen LogP contribution in [0, 0.1) is 5.92 Å². The molecule has 0 saturated carbocycles. The molecule has 3 rings (SSSR count). The maximum atomic E-state index is 12.5. The average molecular weight is 373 g/mol. The van der Waals surface area contributed by atoms with Crippen molar-refractivity contribution in [2.75, 3.05) is 18.4 Å². The fourth-order valence-electron chi connectivity index (χ4n) is 3.07. The Kier molecular flexibility index (Phi) is 5.47. The molecule has 1 saturated heterocycles. The number of likely N-dealkylation sites (tertiary alicyclic amines) is 1. The van der Waals surface area contributed by atoms with Crippen LogP contribution in [-0.2, 0) is 11.3 Å². The van der Waals surface area contributed by atoms with Gasteiger partial charge in [-0.3, -0.25) is 9.69 Å². The second-order valence-electron chi connectivity index (χ2n) is 6.06. The first-order valence-corrected chi connectivity index (χ1v) is 8.83. The van der Waals surface area contributed by atoms with Gasteiger partial charge in [0.15, 0.2) is 0 Å². The zero-order chi connectivity index (χ0) is 16.1. The lowest BCUT2D eigenvalue weighted by Gasteiger charge is -2.32. The van der Waals surface area contributed by atoms with Crippen molar-refractivity contribution in [1.82, 2.24) is 4.90 Å². The number of benzene rings is 2. The molecule has 120 valence electrons. The molecule has 0 bridgehead atoms. The molecule has 1 aliphatic rings. The molecule has 23 heavy (non-hydrogen) atoms. The Bertz CT molecular complexity index is 659. The number of piperidine rings is 1. The molecule has 1 aliphatic heterocycles. The minimum atomic E-state index is 0.0658. The van der Waals surface area contributed by atoms with Crippen LogP contribution in [0.4, 0.5) is 5.69 Å². The van der Waals surface area contributed by atoms with Gasteiger partial charge in [0.2, 0.25) is 5.91 Å². The Morgan fingerprint density at radius 2 is 2.00 bits per heavy atom. The minimum Gasteiger partial charge on any atom is -0.326 e. The molecule has 1 amide bonds. The van der Waals surface area contributed by atoms with Gasteiger partial charge in [-0.2, -0.15) is 0 Å². The van der Waals surface area contributed by atoms with Crippen molar-refractivity contribution in [3.05, 3.63) is 64.6 Å². The number of nitrogens with one attached hydrogen (secondary N) is 1. The van der Waals surface area contributed by atoms with E-state index in [9.17, 15) is 4.79 Å². The Labute approximate surface area is 145 Å². The SMILES string of the molecule is O=C(Nc1ccccc1)C1CCCN(Cc2cccc(Br)c2)C1. The van der Waals surface area contributed by atoms with Crippen LogP contribution in [0.2, 0.25) is 0 Å². The van der Waals surface area contributed by atoms with E-state index in [1.54, 1.807) is 0 Å². The molecule has 0 aliphatic carbocycles. The number of amides is 1. The van der Waals surface area contributed by atoms with Crippen molar-refractivity contribution in [2.24, 2.45) is 5.92 Å². The van der Waals surface area contributed by atoms with E-state index in [2.05, 4.69) is 44.3 Å². The van der Waals surface area contributed by atoms with Crippen LogP contribution in [0.3, 0.4) is 0 Å². The normalized spacial score (nSPS) is 18.6. The van der Waals surface area contributed by atoms with Crippen LogP contribution in [0.25, 0.3) is 0 Å². The summed E-state index contributed by atoms with van der Waals surface area (Å²) in [6, 6.07) is 18.1. The van der Waals surface area contributed by atoms with Gasteiger partial charge in [-0.1, -0.05) is 46.3 Å². The van der Waals surface area contributed by atoms with Gasteiger partial charge in [0, 0.05) is 23.2 Å². The first kappa shape index (κ1) is 16.2. The summed E-state index contributed by atoms with van der Waals surface area (Å²) in [6.07, 6.45) is 2.04. The summed E-state index contributed by atoms with van der Waals surface area (Å²) in [5.74, 6) is 0.200. The Balaban J connectivity index is 1.58. The third-order valence-corrected chi connectivity index (χ3v) is 4.71. The van der Waals surface area contributed by atoms with Gasteiger partial charge >= 0.3 is 0 Å². The van der Waals surface area contributed by atoms with Crippen molar-refractivity contribution in [2.45, 2.75) is 19.4 Å². The topological polar surface area (TPSA) is 32.3 Å². The largest absolute Gasteiger partial charge is 0.326 e. The van der Waals surface area contributed by atoms with Crippen molar-refractivity contribution >= 4 is 27.5 Å². The van der Waals surface area contributed by atoms with Gasteiger partial charge < -0.3 is 5.32 Å². The van der Waals surface area contributed by atoms with E-state index in [0.29, 0.717) is 0 Å². The summed E-state index contributed by atoms with van der Waals surface area (Å²) in [5.41, 5.74) is 2.16. The zero-order valence-electron chi connectivity index (χ0n) is 13.0. The molecule has 2 aromatic rings. The average Bonchev–Trinajstić information content (AvgIpc) is 2.56. The summed E-state index contributed by atoms with van der Waals surface area (Å²) in [5, 5.41) is 3.03. The summed E-state index contributed by atoms with van der Waals surface area (Å²) < 4.78 is 1.10. The summed E-state index contributed by atoms with van der Waals surface area (Å²) in [6.45, 7) is 2.78. The highest BCUT2D eigenvalue weighted by Gasteiger charge is 2.25. The second-order valence-corrected chi connectivity index (χ2v) is 6.98. The van der Waals surface area contributed by atoms with Crippen molar-refractivity contribution in [3.8, 4) is 0 Å². The summed E-state index contributed by atoms with van der Waals surface area (Å²) in [7, 11) is 0. The van der Waals surface area contributed by atoms with Crippen LogP contribution in [0.15, 0.2) is 59.1 Å². The van der Waals surface area contributed by atoms with Crippen molar-refractivity contribution in [1.29, 1.82) is 0 Å². The van der Waals surface area contributed by atoms with Gasteiger partial charge in [-0.25, -0.2) is 0 Å². The maximum Gasteiger partial charge on any atom is 0.228 e. The van der Waals surface area contributed by atoms with Crippen molar-refractivity contribution < 1.29 is 4.79 Å². The van der Waals surface area contributed by atoms with E-state index in [0.717, 1.165) is 42.6 Å². The lowest BCUT2D eigenvalue weighted by molar-refractivity contribution is -0.121. The molecule has 1 atom stereocenters. The lowest BCUT2D eigenvalue weighted by atomic mass is 9.96. The number of para-hydroxylation sites is 1. The standard InChI is InChI=1S/C19H21BrN2O/c20-17-8-4-6-15(12-17)13-22-11-5-7-16(14-22)19(23)21-18-9-2-1-3-10-18/h1-4,6,8-10,12,16H,5,7,11,13-14H2,(H,21,23). The number of hydrogen-bond donors (Lipinski definition) is 1. The van der Waals surface area contributed by atoms with Gasteiger partial charge in [0.1, 0.15) is 0 Å². The first-order valence-electron chi connectivity index (χ1n) is 8.03. The molecule has 1 heterocycles. The van der Waals surface area contributed by atoms with E-state index < -0.39 is 0 Å². The number of hydrogen-bond acceptors (Lipinski definition) is 2. The molecular weight excluding hydrogens is 352 g/mol. The fourth-order valence-corrected chi connectivity index (χ4v) is 3.52. The smallest absolute Gasteiger partial charge is 0.228 e. The molecule has 1 N–H and O–H groups in total. The minimum absolute atomic E-state index is 0.0658. The predicted molar refractivity (Wildman–Crippen MR) is 97.2 cm³/mol. The molecule has 4 heteroatoms. The molecule has 2 aromatic carbocycles. The van der Waals surface area contributed by atoms with Gasteiger partial charge in [-0.05, 0) is 49.2 Å². The summed E-state index contributed by atoms with van der Waals surface area (Å²) >= 11 is 3.52. The van der Waals surface area contributed by atoms with Crippen LogP contribution < -0.4 is 5.32 Å². The van der Waals surface area contributed by atoms with Crippen LogP contribution in [-0.4, -0.2) is 23.9 Å². The van der Waals surface area contributed by atoms with Crippen LogP contribution in [0.1, 0.15) is 18.4 Å². The molecule has 3 nitrogen and oxygen atoms in total. The Morgan fingerprint density at radius 3 is 2.78 bits per heavy atom. The number of carbonyl (C=O) groups is 1. The third kappa shape index (κ3) is 4.66. The van der Waals surface area contributed by atoms with Crippen molar-refractivity contribution in [3.63, 3.8) is 0 Å². The van der Waals surface area contributed by atoms with E-state index >= 15 is 0 Å². The van der Waals surface area contributed by atoms with E-state index in [4.69, 9.17) is 0 Å². The highest BCUT2D eigenvalue weighted by atomic mass is 79.9. The quantitative estimate of drug-likeness (QED) is 0.867. The molecule has 1 unspecified atom stereocenters. The number of carbonyl (C=O) groups excluding carboxylic acids is 1. The first-order chi connectivity index (χ1) is 11.2. The van der Waals surface area contributed by atoms with E-state index in [1.165, 1.54) is 5.56 Å². The third-order valence-electron chi connectivity index (χ3n) is 4.21. The molecule has 1 fully saturated rings. The highest BCUT2D eigenvalue weighted by molar-refractivity contribution is 9.10. The molecule has 0 aromatic heterocycles. The summed E-state index contributed by atoms with van der Waals surface area (Å²) in [4.78, 5) is 14.8. The van der Waals surface area contributed by atoms with E-state index in [1.807, 2.05) is 36.4 Å². The monoisotopic (exact) mass is 372 g/mol. The number of halogens is 1. The van der Waals surface area contributed by atoms with Gasteiger partial charge in [0.25, 0.3) is 0 Å². The Morgan fingerprint density at radius 1 is 1.17 bits per heavy atom. The van der Waals surface area contributed by atoms with Gasteiger partial charge in [-0.15, -0.1) is 0 Å². The molecule has 0 spiro atoms. The molecular formula is C19H21BrN2O. The molecule has 0 radical (unpaired) electrons. The van der Waals surface area contributed by atoms with Crippen LogP contribution >= 0.6 is 15.9 Å². The predicted octanol–water partition coefficient (Wildman–Crippen LogP) is 4.30. The number of anilines is 1. The highest BCUT2D eigenvalue weighted by Crippen LogP contribution is 2.21. The second kappa shape index (κ2) is 7.75. The Hall–Kier alpha value is -1.65. The number of nitrogens with zero attached hydrogens (tertiary/aromatic N) is 1.